The Morgan fingerprint density at radius 1 is 1.17 bits per heavy atom. The Bertz CT molecular complexity index is 1030. The minimum Gasteiger partial charge on any atom is -0.394 e. The summed E-state index contributed by atoms with van der Waals surface area (Å²) in [6.07, 6.45) is 1.80. The van der Waals surface area contributed by atoms with Crippen molar-refractivity contribution in [2.75, 3.05) is 6.61 Å². The molecule has 0 fully saturated rings. The van der Waals surface area contributed by atoms with Crippen LogP contribution in [-0.2, 0) is 0 Å². The van der Waals surface area contributed by atoms with Crippen molar-refractivity contribution in [2.45, 2.75) is 46.6 Å². The molecular formula is C21H26N6O2. The third-order valence-corrected chi connectivity index (χ3v) is 4.57. The molecule has 8 nitrogen and oxygen atoms in total. The van der Waals surface area contributed by atoms with E-state index in [9.17, 15) is 9.90 Å². The molecule has 0 bridgehead atoms. The van der Waals surface area contributed by atoms with Crippen LogP contribution in [0.4, 0.5) is 0 Å². The summed E-state index contributed by atoms with van der Waals surface area (Å²) in [5.74, 6) is 0.531. The van der Waals surface area contributed by atoms with Gasteiger partial charge in [-0.15, -0.1) is 5.10 Å². The van der Waals surface area contributed by atoms with Crippen molar-refractivity contribution in [2.24, 2.45) is 0 Å². The molecule has 2 heterocycles. The standard InChI is InChI=1S/C21H26N6O2/c1-12(2)20-24-25-26-27(20)18-8-16(19-14(4)6-13(3)10-22-19)7-17(9-18)21(29)23-15(5)11-28/h6-10,12,15,28H,11H2,1-5H3,(H,23,29). The quantitative estimate of drug-likeness (QED) is 0.666. The lowest BCUT2D eigenvalue weighted by molar-refractivity contribution is 0.0922. The highest BCUT2D eigenvalue weighted by Gasteiger charge is 2.18. The maximum Gasteiger partial charge on any atom is 0.251 e. The summed E-state index contributed by atoms with van der Waals surface area (Å²) in [4.78, 5) is 17.3. The Balaban J connectivity index is 2.16. The number of tetrazole rings is 1. The van der Waals surface area contributed by atoms with Crippen LogP contribution >= 0.6 is 0 Å². The highest BCUT2D eigenvalue weighted by Crippen LogP contribution is 2.27. The fraction of sp³-hybridized carbons (Fsp3) is 0.381. The van der Waals surface area contributed by atoms with Crippen LogP contribution in [0.3, 0.4) is 0 Å². The predicted molar refractivity (Wildman–Crippen MR) is 110 cm³/mol. The van der Waals surface area contributed by atoms with Gasteiger partial charge in [0.15, 0.2) is 5.82 Å². The number of carbonyl (C=O) groups is 1. The molecule has 1 amide bonds. The number of amides is 1. The molecule has 0 aliphatic rings. The summed E-state index contributed by atoms with van der Waals surface area (Å²) < 4.78 is 1.64. The first-order valence-electron chi connectivity index (χ1n) is 9.59. The second-order valence-corrected chi connectivity index (χ2v) is 7.61. The number of nitrogens with one attached hydrogen (secondary N) is 1. The van der Waals surface area contributed by atoms with Gasteiger partial charge in [0.05, 0.1) is 18.0 Å². The van der Waals surface area contributed by atoms with Crippen LogP contribution in [0.25, 0.3) is 16.9 Å². The van der Waals surface area contributed by atoms with Gasteiger partial charge in [-0.25, -0.2) is 0 Å². The van der Waals surface area contributed by atoms with Crippen LogP contribution in [-0.4, -0.2) is 48.9 Å². The molecule has 8 heteroatoms. The maximum atomic E-state index is 12.8. The normalized spacial score (nSPS) is 12.2. The number of aliphatic hydroxyl groups is 1. The molecule has 0 aliphatic carbocycles. The third-order valence-electron chi connectivity index (χ3n) is 4.57. The monoisotopic (exact) mass is 394 g/mol. The van der Waals surface area contributed by atoms with Crippen LogP contribution < -0.4 is 5.32 Å². The zero-order valence-electron chi connectivity index (χ0n) is 17.3. The number of hydrogen-bond donors (Lipinski definition) is 2. The molecule has 0 saturated carbocycles. The van der Waals surface area contributed by atoms with Crippen LogP contribution in [0, 0.1) is 13.8 Å². The van der Waals surface area contributed by atoms with E-state index in [1.807, 2.05) is 33.8 Å². The highest BCUT2D eigenvalue weighted by atomic mass is 16.3. The molecule has 3 rings (SSSR count). The number of pyridine rings is 1. The fourth-order valence-corrected chi connectivity index (χ4v) is 3.11. The number of aliphatic hydroxyl groups excluding tert-OH is 1. The first-order chi connectivity index (χ1) is 13.8. The topological polar surface area (TPSA) is 106 Å². The number of carbonyl (C=O) groups excluding carboxylic acids is 1. The molecule has 0 saturated heterocycles. The van der Waals surface area contributed by atoms with E-state index in [2.05, 4.69) is 31.9 Å². The van der Waals surface area contributed by atoms with Crippen LogP contribution in [0.1, 0.15) is 54.0 Å². The van der Waals surface area contributed by atoms with Gasteiger partial charge in [-0.2, -0.15) is 4.68 Å². The van der Waals surface area contributed by atoms with Crippen molar-refractivity contribution in [1.29, 1.82) is 0 Å². The van der Waals surface area contributed by atoms with Crippen LogP contribution in [0.15, 0.2) is 30.5 Å². The molecule has 3 aromatic rings. The number of nitrogens with zero attached hydrogens (tertiary/aromatic N) is 5. The van der Waals surface area contributed by atoms with Crippen molar-refractivity contribution in [1.82, 2.24) is 30.5 Å². The number of benzene rings is 1. The first kappa shape index (κ1) is 20.6. The zero-order chi connectivity index (χ0) is 21.1. The Hall–Kier alpha value is -3.13. The molecule has 0 spiro atoms. The molecule has 1 atom stereocenters. The molecule has 2 aromatic heterocycles. The maximum absolute atomic E-state index is 12.8. The average molecular weight is 394 g/mol. The van der Waals surface area contributed by atoms with E-state index in [0.29, 0.717) is 17.1 Å². The second kappa shape index (κ2) is 8.48. The van der Waals surface area contributed by atoms with Crippen molar-refractivity contribution in [3.8, 4) is 16.9 Å². The van der Waals surface area contributed by atoms with Crippen molar-refractivity contribution in [3.05, 3.63) is 53.0 Å². The summed E-state index contributed by atoms with van der Waals surface area (Å²) in [6.45, 7) is 9.61. The number of hydrogen-bond acceptors (Lipinski definition) is 6. The summed E-state index contributed by atoms with van der Waals surface area (Å²) >= 11 is 0. The fourth-order valence-electron chi connectivity index (χ4n) is 3.11. The SMILES string of the molecule is Cc1cnc(-c2cc(C(=O)NC(C)CO)cc(-n3nnnc3C(C)C)c2)c(C)c1. The van der Waals surface area contributed by atoms with Gasteiger partial charge in [-0.05, 0) is 60.5 Å². The van der Waals surface area contributed by atoms with E-state index in [1.54, 1.807) is 29.9 Å². The second-order valence-electron chi connectivity index (χ2n) is 7.61. The Kier molecular flexibility index (Phi) is 6.03. The summed E-state index contributed by atoms with van der Waals surface area (Å²) in [5, 5.41) is 24.1. The lowest BCUT2D eigenvalue weighted by Gasteiger charge is -2.15. The highest BCUT2D eigenvalue weighted by molar-refractivity contribution is 5.96. The Morgan fingerprint density at radius 3 is 2.59 bits per heavy atom. The van der Waals surface area contributed by atoms with E-state index in [-0.39, 0.29) is 24.5 Å². The van der Waals surface area contributed by atoms with Gasteiger partial charge in [0, 0.05) is 29.3 Å². The van der Waals surface area contributed by atoms with Gasteiger partial charge >= 0.3 is 0 Å². The van der Waals surface area contributed by atoms with Crippen LogP contribution in [0.5, 0.6) is 0 Å². The average Bonchev–Trinajstić information content (AvgIpc) is 3.17. The van der Waals surface area contributed by atoms with Crippen molar-refractivity contribution >= 4 is 5.91 Å². The Morgan fingerprint density at radius 2 is 1.93 bits per heavy atom. The molecule has 2 N–H and O–H groups in total. The van der Waals surface area contributed by atoms with Gasteiger partial charge in [-0.1, -0.05) is 19.9 Å². The van der Waals surface area contributed by atoms with Gasteiger partial charge in [0.2, 0.25) is 0 Å². The predicted octanol–water partition coefficient (Wildman–Crippen LogP) is 2.58. The van der Waals surface area contributed by atoms with E-state index < -0.39 is 0 Å². The summed E-state index contributed by atoms with van der Waals surface area (Å²) in [7, 11) is 0. The molecule has 152 valence electrons. The largest absolute Gasteiger partial charge is 0.394 e. The summed E-state index contributed by atoms with van der Waals surface area (Å²) in [5.41, 5.74) is 4.80. The number of aryl methyl sites for hydroxylation is 2. The molecular weight excluding hydrogens is 368 g/mol. The smallest absolute Gasteiger partial charge is 0.251 e. The minimum absolute atomic E-state index is 0.111. The molecule has 0 aliphatic heterocycles. The van der Waals surface area contributed by atoms with E-state index in [0.717, 1.165) is 22.4 Å². The van der Waals surface area contributed by atoms with Gasteiger partial charge in [-0.3, -0.25) is 9.78 Å². The van der Waals surface area contributed by atoms with Crippen molar-refractivity contribution in [3.63, 3.8) is 0 Å². The lowest BCUT2D eigenvalue weighted by Crippen LogP contribution is -2.35. The van der Waals surface area contributed by atoms with E-state index in [1.165, 1.54) is 0 Å². The number of rotatable bonds is 6. The third kappa shape index (κ3) is 4.48. The number of aromatic nitrogens is 5. The Labute approximate surface area is 170 Å². The molecule has 1 aromatic carbocycles. The van der Waals surface area contributed by atoms with Crippen molar-refractivity contribution < 1.29 is 9.90 Å². The molecule has 29 heavy (non-hydrogen) atoms. The van der Waals surface area contributed by atoms with E-state index in [4.69, 9.17) is 0 Å². The van der Waals surface area contributed by atoms with Gasteiger partial charge in [0.25, 0.3) is 5.91 Å². The van der Waals surface area contributed by atoms with Crippen LogP contribution in [0.2, 0.25) is 0 Å². The first-order valence-corrected chi connectivity index (χ1v) is 9.59. The molecule has 0 radical (unpaired) electrons. The summed E-state index contributed by atoms with van der Waals surface area (Å²) in [6, 6.07) is 7.17. The van der Waals surface area contributed by atoms with Gasteiger partial charge in [0.1, 0.15) is 0 Å². The minimum atomic E-state index is -0.354. The zero-order valence-corrected chi connectivity index (χ0v) is 17.3. The van der Waals surface area contributed by atoms with Gasteiger partial charge < -0.3 is 10.4 Å². The van der Waals surface area contributed by atoms with E-state index >= 15 is 0 Å². The molecule has 1 unspecified atom stereocenters. The lowest BCUT2D eigenvalue weighted by atomic mass is 10.0.